The number of carbonyl (C=O) groups excluding carboxylic acids is 1. The van der Waals surface area contributed by atoms with Crippen molar-refractivity contribution in [1.29, 1.82) is 0 Å². The van der Waals surface area contributed by atoms with Crippen LogP contribution >= 0.6 is 0 Å². The largest absolute Gasteiger partial charge is 0.489 e. The molecule has 0 fully saturated rings. The average molecular weight is 564 g/mol. The predicted molar refractivity (Wildman–Crippen MR) is 147 cm³/mol. The highest BCUT2D eigenvalue weighted by atomic mass is 32.2. The first-order chi connectivity index (χ1) is 19.2. The van der Waals surface area contributed by atoms with Gasteiger partial charge in [-0.2, -0.15) is 0 Å². The number of benzene rings is 2. The SMILES string of the molecule is CS(=O)(=O)CCNCC1=COC(c2cc3c(Nc4ccc(OCc5cccc(F)c5)cc4)ncnc3cn2)C1=O. The van der Waals surface area contributed by atoms with Gasteiger partial charge in [0.25, 0.3) is 0 Å². The number of pyridine rings is 1. The van der Waals surface area contributed by atoms with E-state index in [9.17, 15) is 17.6 Å². The van der Waals surface area contributed by atoms with Gasteiger partial charge in [-0.3, -0.25) is 9.78 Å². The van der Waals surface area contributed by atoms with Crippen molar-refractivity contribution in [3.63, 3.8) is 0 Å². The molecule has 1 aliphatic heterocycles. The van der Waals surface area contributed by atoms with Crippen molar-refractivity contribution >= 4 is 38.0 Å². The van der Waals surface area contributed by atoms with E-state index in [1.165, 1.54) is 24.7 Å². The van der Waals surface area contributed by atoms with Gasteiger partial charge in [0.05, 0.1) is 29.4 Å². The molecule has 0 saturated heterocycles. The number of rotatable bonds is 11. The molecule has 12 heteroatoms. The second-order valence-corrected chi connectivity index (χ2v) is 11.5. The van der Waals surface area contributed by atoms with Crippen LogP contribution < -0.4 is 15.4 Å². The van der Waals surface area contributed by atoms with Gasteiger partial charge in [-0.05, 0) is 48.0 Å². The van der Waals surface area contributed by atoms with Crippen LogP contribution in [0.25, 0.3) is 10.9 Å². The van der Waals surface area contributed by atoms with Gasteiger partial charge in [0.2, 0.25) is 11.9 Å². The predicted octanol–water partition coefficient (Wildman–Crippen LogP) is 3.65. The molecule has 3 heterocycles. The van der Waals surface area contributed by atoms with E-state index in [0.717, 1.165) is 17.5 Å². The van der Waals surface area contributed by atoms with Crippen LogP contribution in [-0.2, 0) is 26.0 Å². The molecule has 5 rings (SSSR count). The van der Waals surface area contributed by atoms with Gasteiger partial charge < -0.3 is 20.1 Å². The van der Waals surface area contributed by atoms with Crippen molar-refractivity contribution in [2.45, 2.75) is 12.7 Å². The zero-order valence-electron chi connectivity index (χ0n) is 21.5. The zero-order valence-corrected chi connectivity index (χ0v) is 22.3. The van der Waals surface area contributed by atoms with E-state index in [0.29, 0.717) is 33.7 Å². The summed E-state index contributed by atoms with van der Waals surface area (Å²) in [5.41, 5.74) is 2.86. The maximum atomic E-state index is 13.4. The van der Waals surface area contributed by atoms with Crippen molar-refractivity contribution < 1.29 is 27.1 Å². The third-order valence-electron chi connectivity index (χ3n) is 6.09. The Kier molecular flexibility index (Phi) is 7.99. The lowest BCUT2D eigenvalue weighted by Crippen LogP contribution is -2.26. The second-order valence-electron chi connectivity index (χ2n) is 9.25. The van der Waals surface area contributed by atoms with Gasteiger partial charge in [0.1, 0.15) is 40.2 Å². The number of hydrogen-bond acceptors (Lipinski definition) is 10. The van der Waals surface area contributed by atoms with Crippen LogP contribution in [0.4, 0.5) is 15.9 Å². The summed E-state index contributed by atoms with van der Waals surface area (Å²) >= 11 is 0. The minimum absolute atomic E-state index is 0.0224. The second kappa shape index (κ2) is 11.8. The summed E-state index contributed by atoms with van der Waals surface area (Å²) in [6, 6.07) is 15.2. The summed E-state index contributed by atoms with van der Waals surface area (Å²) < 4.78 is 47.3. The van der Waals surface area contributed by atoms with Crippen LogP contribution in [0.15, 0.2) is 79.0 Å². The highest BCUT2D eigenvalue weighted by Gasteiger charge is 2.32. The molecule has 0 saturated carbocycles. The Balaban J connectivity index is 1.25. The molecule has 4 aromatic rings. The average Bonchev–Trinajstić information content (AvgIpc) is 3.30. The normalized spacial score (nSPS) is 15.1. The Morgan fingerprint density at radius 2 is 1.90 bits per heavy atom. The molecule has 0 radical (unpaired) electrons. The van der Waals surface area contributed by atoms with Gasteiger partial charge >= 0.3 is 0 Å². The third kappa shape index (κ3) is 6.77. The van der Waals surface area contributed by atoms with Crippen LogP contribution in [0.3, 0.4) is 0 Å². The Morgan fingerprint density at radius 1 is 1.07 bits per heavy atom. The molecule has 0 amide bonds. The first kappa shape index (κ1) is 27.2. The number of anilines is 2. The number of nitrogens with one attached hydrogen (secondary N) is 2. The molecule has 2 aromatic heterocycles. The quantitative estimate of drug-likeness (QED) is 0.261. The first-order valence-electron chi connectivity index (χ1n) is 12.4. The zero-order chi connectivity index (χ0) is 28.1. The van der Waals surface area contributed by atoms with Crippen LogP contribution in [0, 0.1) is 5.82 Å². The van der Waals surface area contributed by atoms with Crippen molar-refractivity contribution in [3.05, 3.63) is 96.0 Å². The molecular weight excluding hydrogens is 537 g/mol. The fourth-order valence-corrected chi connectivity index (χ4v) is 4.55. The molecule has 0 bridgehead atoms. The van der Waals surface area contributed by atoms with Crippen molar-refractivity contribution in [3.8, 4) is 5.75 Å². The molecule has 0 spiro atoms. The van der Waals surface area contributed by atoms with E-state index in [4.69, 9.17) is 9.47 Å². The molecule has 2 N–H and O–H groups in total. The third-order valence-corrected chi connectivity index (χ3v) is 7.03. The van der Waals surface area contributed by atoms with Crippen LogP contribution in [0.5, 0.6) is 5.75 Å². The highest BCUT2D eigenvalue weighted by Crippen LogP contribution is 2.31. The lowest BCUT2D eigenvalue weighted by atomic mass is 10.1. The van der Waals surface area contributed by atoms with E-state index in [1.807, 2.05) is 12.1 Å². The molecule has 10 nitrogen and oxygen atoms in total. The standard InChI is InChI=1S/C28H26FN5O5S/c1-40(36,37)10-9-30-13-19-16-39-27(26(19)35)24-12-23-25(14-31-24)32-17-33-28(23)34-21-5-7-22(8-6-21)38-15-18-3-2-4-20(29)11-18/h2-8,11-12,14,16-17,27,30H,9-10,13,15H2,1H3,(H,32,33,34). The Morgan fingerprint density at radius 3 is 2.67 bits per heavy atom. The lowest BCUT2D eigenvalue weighted by Gasteiger charge is -2.13. The number of halogens is 1. The number of hydrogen-bond donors (Lipinski definition) is 2. The molecule has 2 aromatic carbocycles. The Bertz CT molecular complexity index is 1680. The number of ketones is 1. The van der Waals surface area contributed by atoms with E-state index < -0.39 is 15.9 Å². The van der Waals surface area contributed by atoms with E-state index >= 15 is 0 Å². The molecule has 0 aliphatic carbocycles. The monoisotopic (exact) mass is 563 g/mol. The smallest absolute Gasteiger partial charge is 0.209 e. The Labute approximate surface area is 230 Å². The molecule has 40 heavy (non-hydrogen) atoms. The van der Waals surface area contributed by atoms with E-state index in [-0.39, 0.29) is 37.0 Å². The number of sulfone groups is 1. The molecule has 206 valence electrons. The first-order valence-corrected chi connectivity index (χ1v) is 14.4. The minimum atomic E-state index is -3.10. The summed E-state index contributed by atoms with van der Waals surface area (Å²) in [5.74, 6) is 0.559. The number of fused-ring (bicyclic) bond motifs is 1. The highest BCUT2D eigenvalue weighted by molar-refractivity contribution is 7.90. The number of carbonyl (C=O) groups is 1. The topological polar surface area (TPSA) is 132 Å². The summed E-state index contributed by atoms with van der Waals surface area (Å²) in [6.07, 6.45) is 4.60. The number of ether oxygens (including phenoxy) is 2. The Hall–Kier alpha value is -4.42. The van der Waals surface area contributed by atoms with Crippen molar-refractivity contribution in [2.75, 3.05) is 30.4 Å². The molecule has 1 unspecified atom stereocenters. The van der Waals surface area contributed by atoms with Gasteiger partial charge in [-0.15, -0.1) is 0 Å². The molecule has 1 aliphatic rings. The van der Waals surface area contributed by atoms with Crippen LogP contribution in [-0.4, -0.2) is 54.3 Å². The van der Waals surface area contributed by atoms with E-state index in [2.05, 4.69) is 25.6 Å². The summed E-state index contributed by atoms with van der Waals surface area (Å²) in [6.45, 7) is 0.664. The van der Waals surface area contributed by atoms with Crippen LogP contribution in [0.2, 0.25) is 0 Å². The molecular formula is C28H26FN5O5S. The number of nitrogens with zero attached hydrogens (tertiary/aromatic N) is 3. The number of Topliss-reactive ketones (excluding diaryl/α,β-unsaturated/α-hetero) is 1. The van der Waals surface area contributed by atoms with Gasteiger partial charge in [0, 0.05) is 36.0 Å². The maximum Gasteiger partial charge on any atom is 0.209 e. The van der Waals surface area contributed by atoms with Gasteiger partial charge in [0.15, 0.2) is 0 Å². The van der Waals surface area contributed by atoms with Gasteiger partial charge in [-0.25, -0.2) is 22.8 Å². The summed E-state index contributed by atoms with van der Waals surface area (Å²) in [7, 11) is -3.10. The minimum Gasteiger partial charge on any atom is -0.489 e. The summed E-state index contributed by atoms with van der Waals surface area (Å²) in [5, 5.41) is 6.86. The molecule has 1 atom stereocenters. The fourth-order valence-electron chi connectivity index (χ4n) is 4.03. The van der Waals surface area contributed by atoms with Gasteiger partial charge in [-0.1, -0.05) is 12.1 Å². The lowest BCUT2D eigenvalue weighted by molar-refractivity contribution is -0.121. The summed E-state index contributed by atoms with van der Waals surface area (Å²) in [4.78, 5) is 25.9. The van der Waals surface area contributed by atoms with E-state index in [1.54, 1.807) is 36.5 Å². The maximum absolute atomic E-state index is 13.4. The van der Waals surface area contributed by atoms with Crippen LogP contribution in [0.1, 0.15) is 17.4 Å². The van der Waals surface area contributed by atoms with Crippen molar-refractivity contribution in [2.24, 2.45) is 0 Å². The number of aromatic nitrogens is 3. The van der Waals surface area contributed by atoms with Crippen molar-refractivity contribution in [1.82, 2.24) is 20.3 Å². The fraction of sp³-hybridized carbons (Fsp3) is 0.214.